The molecule has 0 aromatic heterocycles. The maximum atomic E-state index is 12.7. The van der Waals surface area contributed by atoms with Crippen molar-refractivity contribution >= 4 is 11.6 Å². The summed E-state index contributed by atoms with van der Waals surface area (Å²) in [6.07, 6.45) is 10.6. The second-order valence-corrected chi connectivity index (χ2v) is 8.72. The summed E-state index contributed by atoms with van der Waals surface area (Å²) in [6.45, 7) is 2.93. The number of carbonyl (C=O) groups is 2. The van der Waals surface area contributed by atoms with E-state index >= 15 is 0 Å². The Morgan fingerprint density at radius 2 is 2.00 bits per heavy atom. The molecule has 4 atom stereocenters. The second-order valence-electron chi connectivity index (χ2n) is 8.72. The van der Waals surface area contributed by atoms with Crippen LogP contribution >= 0.6 is 0 Å². The molecule has 3 nitrogen and oxygen atoms in total. The lowest BCUT2D eigenvalue weighted by atomic mass is 9.56. The molecule has 3 heteroatoms. The van der Waals surface area contributed by atoms with Crippen LogP contribution < -0.4 is 0 Å². The van der Waals surface area contributed by atoms with Gasteiger partial charge in [-0.25, -0.2) is 0 Å². The first-order chi connectivity index (χ1) is 11.6. The summed E-state index contributed by atoms with van der Waals surface area (Å²) >= 11 is 0. The molecule has 1 aliphatic heterocycles. The van der Waals surface area contributed by atoms with Crippen LogP contribution in [0.15, 0.2) is 22.8 Å². The van der Waals surface area contributed by atoms with E-state index in [1.54, 1.807) is 0 Å². The number of ketones is 2. The zero-order chi connectivity index (χ0) is 16.5. The molecular formula is C21H26O3. The first kappa shape index (κ1) is 15.1. The average Bonchev–Trinajstić information content (AvgIpc) is 3.09. The molecule has 5 rings (SSSR count). The topological polar surface area (TPSA) is 43.4 Å². The maximum absolute atomic E-state index is 12.7. The molecule has 0 aromatic carbocycles. The van der Waals surface area contributed by atoms with E-state index < -0.39 is 5.60 Å². The van der Waals surface area contributed by atoms with E-state index in [0.717, 1.165) is 44.9 Å². The molecule has 128 valence electrons. The average molecular weight is 326 g/mol. The van der Waals surface area contributed by atoms with Gasteiger partial charge >= 0.3 is 0 Å². The van der Waals surface area contributed by atoms with Crippen LogP contribution in [-0.4, -0.2) is 23.8 Å². The Hall–Kier alpha value is -1.22. The number of rotatable bonds is 0. The van der Waals surface area contributed by atoms with E-state index in [2.05, 4.69) is 13.0 Å². The van der Waals surface area contributed by atoms with Gasteiger partial charge in [-0.2, -0.15) is 0 Å². The van der Waals surface area contributed by atoms with Gasteiger partial charge in [-0.05, 0) is 61.5 Å². The van der Waals surface area contributed by atoms with E-state index in [-0.39, 0.29) is 5.41 Å². The minimum absolute atomic E-state index is 0.0305. The van der Waals surface area contributed by atoms with Crippen molar-refractivity contribution in [2.45, 2.75) is 70.3 Å². The third-order valence-corrected chi connectivity index (χ3v) is 7.90. The van der Waals surface area contributed by atoms with Gasteiger partial charge in [0, 0.05) is 24.7 Å². The Balaban J connectivity index is 1.55. The van der Waals surface area contributed by atoms with E-state index in [0.29, 0.717) is 42.9 Å². The summed E-state index contributed by atoms with van der Waals surface area (Å²) in [7, 11) is 0. The monoisotopic (exact) mass is 326 g/mol. The van der Waals surface area contributed by atoms with Crippen LogP contribution in [0.3, 0.4) is 0 Å². The molecule has 0 amide bonds. The van der Waals surface area contributed by atoms with Crippen molar-refractivity contribution in [3.05, 3.63) is 22.8 Å². The van der Waals surface area contributed by atoms with Gasteiger partial charge in [0.2, 0.25) is 0 Å². The lowest BCUT2D eigenvalue weighted by molar-refractivity contribution is -0.147. The van der Waals surface area contributed by atoms with Gasteiger partial charge in [-0.3, -0.25) is 9.59 Å². The third kappa shape index (κ3) is 1.72. The van der Waals surface area contributed by atoms with Gasteiger partial charge in [0.1, 0.15) is 11.4 Å². The molecular weight excluding hydrogens is 300 g/mol. The molecule has 4 aliphatic carbocycles. The Bertz CT molecular complexity index is 700. The number of fused-ring (bicyclic) bond motifs is 5. The molecule has 0 aromatic rings. The quantitative estimate of drug-likeness (QED) is 0.677. The van der Waals surface area contributed by atoms with Crippen LogP contribution in [0.1, 0.15) is 64.7 Å². The fourth-order valence-corrected chi connectivity index (χ4v) is 6.70. The molecule has 1 saturated carbocycles. The van der Waals surface area contributed by atoms with Gasteiger partial charge in [0.05, 0.1) is 6.61 Å². The number of hydrogen-bond donors (Lipinski definition) is 0. The third-order valence-electron chi connectivity index (χ3n) is 7.90. The van der Waals surface area contributed by atoms with Gasteiger partial charge < -0.3 is 4.74 Å². The number of Topliss-reactive ketones (excluding diaryl/α,β-unsaturated/α-hetero) is 2. The van der Waals surface area contributed by atoms with Gasteiger partial charge in [0.15, 0.2) is 5.78 Å². The van der Waals surface area contributed by atoms with Crippen LogP contribution in [-0.2, 0) is 14.3 Å². The molecule has 1 heterocycles. The lowest BCUT2D eigenvalue weighted by Gasteiger charge is -2.50. The highest BCUT2D eigenvalue weighted by Gasteiger charge is 2.65. The Morgan fingerprint density at radius 1 is 1.12 bits per heavy atom. The fourth-order valence-electron chi connectivity index (χ4n) is 6.70. The van der Waals surface area contributed by atoms with Crippen molar-refractivity contribution in [2.75, 3.05) is 6.61 Å². The number of carbonyl (C=O) groups excluding carboxylic acids is 2. The normalized spacial score (nSPS) is 44.5. The number of ether oxygens (including phenoxy) is 1. The molecule has 1 spiro atoms. The van der Waals surface area contributed by atoms with E-state index in [9.17, 15) is 9.59 Å². The predicted octanol–water partition coefficient (Wildman–Crippen LogP) is 3.92. The van der Waals surface area contributed by atoms with Gasteiger partial charge in [-0.15, -0.1) is 0 Å². The second kappa shape index (κ2) is 4.91. The van der Waals surface area contributed by atoms with E-state index in [1.807, 2.05) is 0 Å². The summed E-state index contributed by atoms with van der Waals surface area (Å²) in [5.41, 5.74) is 3.92. The summed E-state index contributed by atoms with van der Waals surface area (Å²) < 4.78 is 6.15. The standard InChI is InChI=1S/C21H26O3/c1-20-9-6-16-15-5-3-14(22)12-13(15)2-4-17(16)18(20)7-10-21(20)19(23)8-11-24-21/h6,17-18H,2-5,7-12H2,1H3/t17-,18+,20+,21-/m1/s1. The summed E-state index contributed by atoms with van der Waals surface area (Å²) in [4.78, 5) is 24.5. The highest BCUT2D eigenvalue weighted by Crippen LogP contribution is 2.64. The Kier molecular flexibility index (Phi) is 3.08. The van der Waals surface area contributed by atoms with Crippen LogP contribution in [0.5, 0.6) is 0 Å². The maximum Gasteiger partial charge on any atom is 0.167 e. The molecule has 0 unspecified atom stereocenters. The molecule has 24 heavy (non-hydrogen) atoms. The van der Waals surface area contributed by atoms with Crippen LogP contribution in [0.4, 0.5) is 0 Å². The fraction of sp³-hybridized carbons (Fsp3) is 0.714. The zero-order valence-electron chi connectivity index (χ0n) is 14.5. The van der Waals surface area contributed by atoms with Crippen molar-refractivity contribution in [1.82, 2.24) is 0 Å². The first-order valence-electron chi connectivity index (χ1n) is 9.65. The van der Waals surface area contributed by atoms with Gasteiger partial charge in [-0.1, -0.05) is 18.6 Å². The summed E-state index contributed by atoms with van der Waals surface area (Å²) in [5.74, 6) is 1.90. The van der Waals surface area contributed by atoms with E-state index in [1.165, 1.54) is 16.7 Å². The van der Waals surface area contributed by atoms with Crippen molar-refractivity contribution in [3.63, 3.8) is 0 Å². The lowest BCUT2D eigenvalue weighted by Crippen LogP contribution is -2.52. The minimum atomic E-state index is -0.503. The molecule has 5 aliphatic rings. The largest absolute Gasteiger partial charge is 0.366 e. The van der Waals surface area contributed by atoms with Crippen LogP contribution in [0.2, 0.25) is 0 Å². The number of allylic oxidation sites excluding steroid dienone is 4. The van der Waals surface area contributed by atoms with Crippen molar-refractivity contribution < 1.29 is 14.3 Å². The molecule has 2 fully saturated rings. The molecule has 0 bridgehead atoms. The number of hydrogen-bond acceptors (Lipinski definition) is 3. The molecule has 0 radical (unpaired) electrons. The van der Waals surface area contributed by atoms with Gasteiger partial charge in [0.25, 0.3) is 0 Å². The smallest absolute Gasteiger partial charge is 0.167 e. The van der Waals surface area contributed by atoms with Crippen molar-refractivity contribution in [1.29, 1.82) is 0 Å². The zero-order valence-corrected chi connectivity index (χ0v) is 14.5. The first-order valence-corrected chi connectivity index (χ1v) is 9.65. The SMILES string of the molecule is C[C@]12CC=C3C4=C(CC[C@H]3[C@@H]1CC[C@]21OCCC1=O)CC(=O)CC4. The molecule has 0 N–H and O–H groups in total. The highest BCUT2D eigenvalue weighted by atomic mass is 16.5. The van der Waals surface area contributed by atoms with Crippen molar-refractivity contribution in [3.8, 4) is 0 Å². The Labute approximate surface area is 143 Å². The summed E-state index contributed by atoms with van der Waals surface area (Å²) in [5, 5.41) is 0. The predicted molar refractivity (Wildman–Crippen MR) is 90.4 cm³/mol. The Morgan fingerprint density at radius 3 is 2.79 bits per heavy atom. The van der Waals surface area contributed by atoms with Crippen molar-refractivity contribution in [2.24, 2.45) is 17.3 Å². The van der Waals surface area contributed by atoms with Crippen LogP contribution in [0.25, 0.3) is 0 Å². The summed E-state index contributed by atoms with van der Waals surface area (Å²) in [6, 6.07) is 0. The highest BCUT2D eigenvalue weighted by molar-refractivity contribution is 5.90. The van der Waals surface area contributed by atoms with Crippen LogP contribution in [0, 0.1) is 17.3 Å². The van der Waals surface area contributed by atoms with E-state index in [4.69, 9.17) is 4.74 Å². The molecule has 1 saturated heterocycles. The minimum Gasteiger partial charge on any atom is -0.366 e.